The van der Waals surface area contributed by atoms with Crippen LogP contribution in [-0.4, -0.2) is 44.0 Å². The molecule has 0 unspecified atom stereocenters. The fourth-order valence-electron chi connectivity index (χ4n) is 2.05. The first-order valence-corrected chi connectivity index (χ1v) is 7.59. The lowest BCUT2D eigenvalue weighted by molar-refractivity contribution is -0.141. The van der Waals surface area contributed by atoms with Gasteiger partial charge in [0.25, 0.3) is 0 Å². The van der Waals surface area contributed by atoms with E-state index < -0.39 is 0 Å². The second kappa shape index (κ2) is 9.61. The van der Waals surface area contributed by atoms with Gasteiger partial charge >= 0.3 is 11.9 Å². The van der Waals surface area contributed by atoms with Crippen LogP contribution in [0.15, 0.2) is 24.3 Å². The van der Waals surface area contributed by atoms with Crippen LogP contribution in [-0.2, 0) is 19.1 Å². The predicted molar refractivity (Wildman–Crippen MR) is 86.5 cm³/mol. The van der Waals surface area contributed by atoms with Gasteiger partial charge in [0.05, 0.1) is 13.1 Å². The van der Waals surface area contributed by atoms with Gasteiger partial charge in [-0.2, -0.15) is 0 Å². The minimum atomic E-state index is -0.347. The average molecular weight is 321 g/mol. The van der Waals surface area contributed by atoms with Crippen molar-refractivity contribution in [2.75, 3.05) is 31.2 Å². The molecule has 0 saturated carbocycles. The third-order valence-electron chi connectivity index (χ3n) is 3.19. The summed E-state index contributed by atoms with van der Waals surface area (Å²) in [5.41, 5.74) is 1.46. The standard InChI is InChI=1S/C17H23NO5/c1-4-17(21)15-6-5-7-16(12-15)18(8-10-22-13(2)19)9-11-23-14(3)20/h5-7,12H,4,8-11H2,1-3H3. The molecule has 6 nitrogen and oxygen atoms in total. The molecule has 0 heterocycles. The zero-order valence-electron chi connectivity index (χ0n) is 13.8. The molecule has 0 aromatic heterocycles. The topological polar surface area (TPSA) is 72.9 Å². The average Bonchev–Trinajstić information content (AvgIpc) is 2.52. The summed E-state index contributed by atoms with van der Waals surface area (Å²) >= 11 is 0. The monoisotopic (exact) mass is 321 g/mol. The number of carbonyl (C=O) groups is 3. The van der Waals surface area contributed by atoms with Crippen molar-refractivity contribution in [3.63, 3.8) is 0 Å². The molecule has 1 rings (SSSR count). The molecular weight excluding hydrogens is 298 g/mol. The van der Waals surface area contributed by atoms with Gasteiger partial charge in [0.1, 0.15) is 13.2 Å². The van der Waals surface area contributed by atoms with Gasteiger partial charge in [-0.25, -0.2) is 0 Å². The van der Waals surface area contributed by atoms with Gasteiger partial charge in [0.2, 0.25) is 0 Å². The predicted octanol–water partition coefficient (Wildman–Crippen LogP) is 2.21. The highest BCUT2D eigenvalue weighted by atomic mass is 16.5. The maximum Gasteiger partial charge on any atom is 0.302 e. The zero-order valence-corrected chi connectivity index (χ0v) is 13.8. The molecule has 0 bridgehead atoms. The van der Waals surface area contributed by atoms with Gasteiger partial charge in [-0.3, -0.25) is 14.4 Å². The Labute approximate surface area is 136 Å². The summed E-state index contributed by atoms with van der Waals surface area (Å²) in [4.78, 5) is 35.5. The van der Waals surface area contributed by atoms with Crippen LogP contribution in [0.4, 0.5) is 5.69 Å². The maximum atomic E-state index is 11.8. The lowest BCUT2D eigenvalue weighted by atomic mass is 10.1. The van der Waals surface area contributed by atoms with Gasteiger partial charge in [-0.1, -0.05) is 19.1 Å². The summed E-state index contributed by atoms with van der Waals surface area (Å²) in [6.07, 6.45) is 0.435. The first-order valence-electron chi connectivity index (χ1n) is 7.59. The van der Waals surface area contributed by atoms with Crippen molar-refractivity contribution >= 4 is 23.4 Å². The van der Waals surface area contributed by atoms with Crippen LogP contribution >= 0.6 is 0 Å². The Morgan fingerprint density at radius 1 is 1.00 bits per heavy atom. The molecule has 0 amide bonds. The van der Waals surface area contributed by atoms with E-state index in [0.717, 1.165) is 5.69 Å². The van der Waals surface area contributed by atoms with Crippen molar-refractivity contribution in [3.8, 4) is 0 Å². The quantitative estimate of drug-likeness (QED) is 0.513. The molecule has 0 radical (unpaired) electrons. The SMILES string of the molecule is CCC(=O)c1cccc(N(CCOC(C)=O)CCOC(C)=O)c1. The van der Waals surface area contributed by atoms with Crippen LogP contribution in [0, 0.1) is 0 Å². The molecule has 0 aliphatic heterocycles. The van der Waals surface area contributed by atoms with Gasteiger partial charge < -0.3 is 14.4 Å². The van der Waals surface area contributed by atoms with Crippen molar-refractivity contribution in [2.45, 2.75) is 27.2 Å². The number of hydrogen-bond acceptors (Lipinski definition) is 6. The highest BCUT2D eigenvalue weighted by Crippen LogP contribution is 2.17. The van der Waals surface area contributed by atoms with E-state index >= 15 is 0 Å². The van der Waals surface area contributed by atoms with Gasteiger partial charge in [-0.15, -0.1) is 0 Å². The Morgan fingerprint density at radius 3 is 2.04 bits per heavy atom. The number of Topliss-reactive ketones (excluding diaryl/α,β-unsaturated/α-hetero) is 1. The number of hydrogen-bond donors (Lipinski definition) is 0. The first kappa shape index (κ1) is 18.7. The van der Waals surface area contributed by atoms with E-state index in [-0.39, 0.29) is 30.9 Å². The molecule has 0 fully saturated rings. The van der Waals surface area contributed by atoms with E-state index in [1.54, 1.807) is 12.1 Å². The van der Waals surface area contributed by atoms with E-state index in [1.165, 1.54) is 13.8 Å². The molecule has 1 aromatic carbocycles. The number of benzene rings is 1. The fourth-order valence-corrected chi connectivity index (χ4v) is 2.05. The number of esters is 2. The van der Waals surface area contributed by atoms with E-state index in [1.807, 2.05) is 24.0 Å². The Kier molecular flexibility index (Phi) is 7.80. The minimum absolute atomic E-state index is 0.0618. The van der Waals surface area contributed by atoms with Crippen molar-refractivity contribution in [3.05, 3.63) is 29.8 Å². The van der Waals surface area contributed by atoms with Crippen molar-refractivity contribution in [2.24, 2.45) is 0 Å². The van der Waals surface area contributed by atoms with Crippen LogP contribution in [0.1, 0.15) is 37.6 Å². The lowest BCUT2D eigenvalue weighted by Crippen LogP contribution is -2.32. The highest BCUT2D eigenvalue weighted by Gasteiger charge is 2.11. The molecule has 6 heteroatoms. The Balaban J connectivity index is 2.81. The van der Waals surface area contributed by atoms with E-state index in [4.69, 9.17) is 9.47 Å². The van der Waals surface area contributed by atoms with Crippen LogP contribution < -0.4 is 4.90 Å². The smallest absolute Gasteiger partial charge is 0.302 e. The molecule has 23 heavy (non-hydrogen) atoms. The summed E-state index contributed by atoms with van der Waals surface area (Å²) in [6, 6.07) is 7.25. The molecule has 0 spiro atoms. The third-order valence-corrected chi connectivity index (χ3v) is 3.19. The summed E-state index contributed by atoms with van der Waals surface area (Å²) in [5.74, 6) is -0.633. The Morgan fingerprint density at radius 2 is 1.57 bits per heavy atom. The summed E-state index contributed by atoms with van der Waals surface area (Å²) < 4.78 is 9.93. The van der Waals surface area contributed by atoms with Gasteiger partial charge in [0, 0.05) is 31.5 Å². The van der Waals surface area contributed by atoms with E-state index in [9.17, 15) is 14.4 Å². The van der Waals surface area contributed by atoms with Crippen molar-refractivity contribution < 1.29 is 23.9 Å². The molecule has 0 atom stereocenters. The largest absolute Gasteiger partial charge is 0.464 e. The summed E-state index contributed by atoms with van der Waals surface area (Å²) in [7, 11) is 0. The number of rotatable bonds is 9. The minimum Gasteiger partial charge on any atom is -0.464 e. The van der Waals surface area contributed by atoms with Crippen LogP contribution in [0.3, 0.4) is 0 Å². The third kappa shape index (κ3) is 6.95. The number of ketones is 1. The second-order valence-corrected chi connectivity index (χ2v) is 4.99. The summed E-state index contributed by atoms with van der Waals surface area (Å²) in [5, 5.41) is 0. The number of nitrogens with zero attached hydrogens (tertiary/aromatic N) is 1. The zero-order chi connectivity index (χ0) is 17.2. The normalized spacial score (nSPS) is 10.0. The van der Waals surface area contributed by atoms with Crippen molar-refractivity contribution in [1.82, 2.24) is 0 Å². The molecule has 0 saturated heterocycles. The highest BCUT2D eigenvalue weighted by molar-refractivity contribution is 5.96. The number of carbonyl (C=O) groups excluding carboxylic acids is 3. The van der Waals surface area contributed by atoms with Crippen LogP contribution in [0.25, 0.3) is 0 Å². The molecule has 126 valence electrons. The number of anilines is 1. The first-order chi connectivity index (χ1) is 10.9. The maximum absolute atomic E-state index is 11.8. The van der Waals surface area contributed by atoms with Crippen molar-refractivity contribution in [1.29, 1.82) is 0 Å². The lowest BCUT2D eigenvalue weighted by Gasteiger charge is -2.24. The van der Waals surface area contributed by atoms with Gasteiger partial charge in [-0.05, 0) is 12.1 Å². The molecule has 0 aliphatic rings. The second-order valence-electron chi connectivity index (χ2n) is 4.99. The number of ether oxygens (including phenoxy) is 2. The molecule has 0 aliphatic carbocycles. The van der Waals surface area contributed by atoms with E-state index in [2.05, 4.69) is 0 Å². The van der Waals surface area contributed by atoms with E-state index in [0.29, 0.717) is 25.1 Å². The summed E-state index contributed by atoms with van der Waals surface area (Å²) in [6.45, 7) is 5.86. The van der Waals surface area contributed by atoms with Crippen LogP contribution in [0.2, 0.25) is 0 Å². The molecule has 0 N–H and O–H groups in total. The molecular formula is C17H23NO5. The van der Waals surface area contributed by atoms with Crippen LogP contribution in [0.5, 0.6) is 0 Å². The van der Waals surface area contributed by atoms with Gasteiger partial charge in [0.15, 0.2) is 5.78 Å². The Hall–Kier alpha value is -2.37. The Bertz CT molecular complexity index is 536. The molecule has 1 aromatic rings. The fraction of sp³-hybridized carbons (Fsp3) is 0.471.